The van der Waals surface area contributed by atoms with Crippen LogP contribution < -0.4 is 10.1 Å². The van der Waals surface area contributed by atoms with Gasteiger partial charge in [-0.15, -0.1) is 0 Å². The Hall–Kier alpha value is -1.75. The van der Waals surface area contributed by atoms with Gasteiger partial charge in [0.15, 0.2) is 0 Å². The number of halogens is 3. The lowest BCUT2D eigenvalue weighted by atomic mass is 10.1. The van der Waals surface area contributed by atoms with Gasteiger partial charge in [-0.1, -0.05) is 71.2 Å². The van der Waals surface area contributed by atoms with Crippen LogP contribution in [0.15, 0.2) is 66.7 Å². The van der Waals surface area contributed by atoms with Crippen LogP contribution in [0.3, 0.4) is 0 Å². The molecule has 0 amide bonds. The molecule has 6 heteroatoms. The highest BCUT2D eigenvalue weighted by Crippen LogP contribution is 2.28. The van der Waals surface area contributed by atoms with Crippen molar-refractivity contribution in [2.45, 2.75) is 19.3 Å². The monoisotopic (exact) mass is 435 g/mol. The lowest BCUT2D eigenvalue weighted by Gasteiger charge is -2.16. The van der Waals surface area contributed by atoms with E-state index in [0.29, 0.717) is 33.9 Å². The number of ether oxygens (including phenoxy) is 1. The second-order valence-electron chi connectivity index (χ2n) is 6.30. The molecule has 0 bridgehead atoms. The van der Waals surface area contributed by atoms with Gasteiger partial charge >= 0.3 is 0 Å². The van der Waals surface area contributed by atoms with E-state index in [4.69, 9.17) is 39.5 Å². The van der Waals surface area contributed by atoms with E-state index in [1.807, 2.05) is 42.5 Å². The first-order chi connectivity index (χ1) is 13.5. The third-order valence-corrected chi connectivity index (χ3v) is 5.24. The molecule has 3 nitrogen and oxygen atoms in total. The first-order valence-corrected chi connectivity index (χ1v) is 9.96. The fraction of sp³-hybridized carbons (Fsp3) is 0.182. The summed E-state index contributed by atoms with van der Waals surface area (Å²) < 4.78 is 5.95. The van der Waals surface area contributed by atoms with Gasteiger partial charge in [0, 0.05) is 39.3 Å². The predicted octanol–water partition coefficient (Wildman–Crippen LogP) is 6.05. The van der Waals surface area contributed by atoms with Crippen molar-refractivity contribution < 1.29 is 9.84 Å². The highest BCUT2D eigenvalue weighted by molar-refractivity contribution is 6.36. The van der Waals surface area contributed by atoms with Gasteiger partial charge in [0.25, 0.3) is 0 Å². The molecule has 0 radical (unpaired) electrons. The molecule has 0 aromatic heterocycles. The maximum atomic E-state index is 10.3. The molecular formula is C22H20Cl3NO2. The number of hydrogen-bond acceptors (Lipinski definition) is 3. The summed E-state index contributed by atoms with van der Waals surface area (Å²) >= 11 is 18.6. The number of nitrogens with one attached hydrogen (secondary N) is 1. The van der Waals surface area contributed by atoms with Gasteiger partial charge in [0.05, 0.1) is 6.10 Å². The Morgan fingerprint density at radius 1 is 0.893 bits per heavy atom. The predicted molar refractivity (Wildman–Crippen MR) is 115 cm³/mol. The second-order valence-corrected chi connectivity index (χ2v) is 7.55. The third-order valence-electron chi connectivity index (χ3n) is 4.29. The average molecular weight is 437 g/mol. The highest BCUT2D eigenvalue weighted by atomic mass is 35.5. The average Bonchev–Trinajstić information content (AvgIpc) is 2.69. The molecule has 0 aliphatic rings. The smallest absolute Gasteiger partial charge is 0.124 e. The fourth-order valence-electron chi connectivity index (χ4n) is 2.78. The van der Waals surface area contributed by atoms with Gasteiger partial charge in [0.2, 0.25) is 0 Å². The number of aliphatic hydroxyl groups is 1. The SMILES string of the molecule is O[C@H](CNCc1cc(Cl)ccc1OCc1c(Cl)cccc1Cl)c1ccccc1. The molecule has 0 unspecified atom stereocenters. The zero-order valence-corrected chi connectivity index (χ0v) is 17.3. The molecule has 0 heterocycles. The van der Waals surface area contributed by atoms with Crippen LogP contribution in [-0.4, -0.2) is 11.7 Å². The van der Waals surface area contributed by atoms with Gasteiger partial charge in [-0.25, -0.2) is 0 Å². The highest BCUT2D eigenvalue weighted by Gasteiger charge is 2.11. The van der Waals surface area contributed by atoms with Gasteiger partial charge in [-0.05, 0) is 35.9 Å². The summed E-state index contributed by atoms with van der Waals surface area (Å²) in [5.74, 6) is 0.682. The summed E-state index contributed by atoms with van der Waals surface area (Å²) in [5.41, 5.74) is 2.49. The van der Waals surface area contributed by atoms with E-state index in [1.165, 1.54) is 0 Å². The molecule has 0 aliphatic heterocycles. The Balaban J connectivity index is 1.64. The zero-order chi connectivity index (χ0) is 19.9. The summed E-state index contributed by atoms with van der Waals surface area (Å²) in [6.45, 7) is 1.15. The zero-order valence-electron chi connectivity index (χ0n) is 15.0. The molecule has 0 aliphatic carbocycles. The Morgan fingerprint density at radius 3 is 2.32 bits per heavy atom. The van der Waals surface area contributed by atoms with Crippen LogP contribution in [0.1, 0.15) is 22.8 Å². The van der Waals surface area contributed by atoms with Crippen molar-refractivity contribution in [3.8, 4) is 5.75 Å². The van der Waals surface area contributed by atoms with Crippen molar-refractivity contribution in [2.24, 2.45) is 0 Å². The molecule has 3 rings (SSSR count). The molecule has 0 saturated carbocycles. The topological polar surface area (TPSA) is 41.5 Å². The summed E-state index contributed by atoms with van der Waals surface area (Å²) in [7, 11) is 0. The summed E-state index contributed by atoms with van der Waals surface area (Å²) in [5, 5.41) is 15.3. The van der Waals surface area contributed by atoms with Gasteiger partial charge in [0.1, 0.15) is 12.4 Å². The van der Waals surface area contributed by atoms with Crippen molar-refractivity contribution in [3.63, 3.8) is 0 Å². The van der Waals surface area contributed by atoms with Gasteiger partial charge in [-0.2, -0.15) is 0 Å². The first-order valence-electron chi connectivity index (χ1n) is 8.82. The minimum atomic E-state index is -0.591. The van der Waals surface area contributed by atoms with E-state index in [1.54, 1.807) is 24.3 Å². The van der Waals surface area contributed by atoms with Crippen molar-refractivity contribution in [1.29, 1.82) is 0 Å². The normalized spacial score (nSPS) is 12.0. The van der Waals surface area contributed by atoms with Crippen molar-refractivity contribution in [3.05, 3.63) is 98.5 Å². The van der Waals surface area contributed by atoms with Crippen LogP contribution in [0.25, 0.3) is 0 Å². The molecular weight excluding hydrogens is 417 g/mol. The van der Waals surface area contributed by atoms with Crippen LogP contribution in [-0.2, 0) is 13.2 Å². The van der Waals surface area contributed by atoms with Crippen molar-refractivity contribution in [2.75, 3.05) is 6.54 Å². The lowest BCUT2D eigenvalue weighted by Crippen LogP contribution is -2.21. The van der Waals surface area contributed by atoms with Gasteiger partial charge < -0.3 is 15.2 Å². The van der Waals surface area contributed by atoms with Crippen molar-refractivity contribution >= 4 is 34.8 Å². The maximum Gasteiger partial charge on any atom is 0.124 e. The van der Waals surface area contributed by atoms with E-state index < -0.39 is 6.10 Å². The third kappa shape index (κ3) is 5.63. The molecule has 28 heavy (non-hydrogen) atoms. The molecule has 0 fully saturated rings. The van der Waals surface area contributed by atoms with Crippen molar-refractivity contribution in [1.82, 2.24) is 5.32 Å². The molecule has 2 N–H and O–H groups in total. The van der Waals surface area contributed by atoms with Gasteiger partial charge in [-0.3, -0.25) is 0 Å². The fourth-order valence-corrected chi connectivity index (χ4v) is 3.48. The maximum absolute atomic E-state index is 10.3. The molecule has 0 saturated heterocycles. The van der Waals surface area contributed by atoms with E-state index in [0.717, 1.165) is 16.7 Å². The molecule has 1 atom stereocenters. The van der Waals surface area contributed by atoms with Crippen LogP contribution in [0.4, 0.5) is 0 Å². The van der Waals surface area contributed by atoms with E-state index in [-0.39, 0.29) is 6.61 Å². The Bertz CT molecular complexity index is 899. The van der Waals surface area contributed by atoms with E-state index in [2.05, 4.69) is 5.32 Å². The molecule has 146 valence electrons. The van der Waals surface area contributed by atoms with E-state index in [9.17, 15) is 5.11 Å². The summed E-state index contributed by atoms with van der Waals surface area (Å²) in [4.78, 5) is 0. The Labute approximate surface area is 179 Å². The van der Waals surface area contributed by atoms with Crippen LogP contribution >= 0.6 is 34.8 Å². The van der Waals surface area contributed by atoms with Crippen LogP contribution in [0.2, 0.25) is 15.1 Å². The lowest BCUT2D eigenvalue weighted by molar-refractivity contribution is 0.174. The minimum absolute atomic E-state index is 0.250. The number of hydrogen-bond donors (Lipinski definition) is 2. The second kappa shape index (κ2) is 10.1. The number of rotatable bonds is 8. The Morgan fingerprint density at radius 2 is 1.61 bits per heavy atom. The molecule has 3 aromatic carbocycles. The summed E-state index contributed by atoms with van der Waals surface area (Å²) in [6, 6.07) is 20.3. The molecule has 0 spiro atoms. The largest absolute Gasteiger partial charge is 0.488 e. The van der Waals surface area contributed by atoms with Crippen LogP contribution in [0, 0.1) is 0 Å². The standard InChI is InChI=1S/C22H20Cl3NO2/c23-17-9-10-22(28-14-18-19(24)7-4-8-20(18)25)16(11-17)12-26-13-21(27)15-5-2-1-3-6-15/h1-11,21,26-27H,12-14H2/t21-/m1/s1. The molecule has 3 aromatic rings. The quantitative estimate of drug-likeness (QED) is 0.452. The van der Waals surface area contributed by atoms with Crippen LogP contribution in [0.5, 0.6) is 5.75 Å². The first kappa shape index (κ1) is 21.0. The number of aliphatic hydroxyl groups excluding tert-OH is 1. The summed E-state index contributed by atoms with van der Waals surface area (Å²) in [6.07, 6.45) is -0.591. The Kier molecular flexibility index (Phi) is 7.60. The number of benzene rings is 3. The van der Waals surface area contributed by atoms with E-state index >= 15 is 0 Å². The minimum Gasteiger partial charge on any atom is -0.488 e.